The highest BCUT2D eigenvalue weighted by Crippen LogP contribution is 2.21. The van der Waals surface area contributed by atoms with Gasteiger partial charge in [-0.2, -0.15) is 5.10 Å². The average Bonchev–Trinajstić information content (AvgIpc) is 3.44. The number of anilines is 1. The van der Waals surface area contributed by atoms with Crippen molar-refractivity contribution in [3.05, 3.63) is 77.9 Å². The van der Waals surface area contributed by atoms with Crippen LogP contribution in [0.3, 0.4) is 0 Å². The molecule has 4 aromatic rings. The summed E-state index contributed by atoms with van der Waals surface area (Å²) in [6, 6.07) is 12.6. The van der Waals surface area contributed by atoms with Crippen LogP contribution in [-0.2, 0) is 6.54 Å². The molecule has 1 aromatic carbocycles. The number of nitrogens with zero attached hydrogens (tertiary/aromatic N) is 3. The molecule has 1 N–H and O–H groups in total. The van der Waals surface area contributed by atoms with Gasteiger partial charge in [0, 0.05) is 17.8 Å². The first-order valence-electron chi connectivity index (χ1n) is 8.11. The summed E-state index contributed by atoms with van der Waals surface area (Å²) >= 11 is 0. The van der Waals surface area contributed by atoms with Gasteiger partial charge >= 0.3 is 0 Å². The van der Waals surface area contributed by atoms with Crippen LogP contribution in [0, 0.1) is 12.3 Å². The van der Waals surface area contributed by atoms with Crippen molar-refractivity contribution in [1.82, 2.24) is 14.9 Å². The Bertz CT molecular complexity index is 1100. The molecule has 0 saturated carbocycles. The summed E-state index contributed by atoms with van der Waals surface area (Å²) in [5.41, 5.74) is 2.59. The monoisotopic (exact) mass is 358 g/mol. The Hall–Kier alpha value is -4.05. The molecule has 0 atom stereocenters. The molecule has 0 bridgehead atoms. The van der Waals surface area contributed by atoms with E-state index in [9.17, 15) is 4.79 Å². The number of nitrogens with one attached hydrogen (secondary N) is 1. The lowest BCUT2D eigenvalue weighted by molar-refractivity contribution is 0.101. The Morgan fingerprint density at radius 3 is 2.81 bits per heavy atom. The normalized spacial score (nSPS) is 10.5. The number of carbonyl (C=O) groups is 1. The number of rotatable bonds is 5. The summed E-state index contributed by atoms with van der Waals surface area (Å²) < 4.78 is 12.1. The number of benzene rings is 1. The van der Waals surface area contributed by atoms with Gasteiger partial charge in [0.2, 0.25) is 5.76 Å². The van der Waals surface area contributed by atoms with Gasteiger partial charge in [-0.05, 0) is 29.8 Å². The number of hydrogen-bond donors (Lipinski definition) is 1. The maximum absolute atomic E-state index is 12.3. The van der Waals surface area contributed by atoms with E-state index in [4.69, 9.17) is 15.4 Å². The Labute approximate surface area is 154 Å². The summed E-state index contributed by atoms with van der Waals surface area (Å²) in [5.74, 6) is 3.08. The minimum Gasteiger partial charge on any atom is -0.461 e. The third kappa shape index (κ3) is 3.65. The molecular weight excluding hydrogens is 344 g/mol. The van der Waals surface area contributed by atoms with Crippen LogP contribution >= 0.6 is 0 Å². The Morgan fingerprint density at radius 1 is 1.22 bits per heavy atom. The predicted molar refractivity (Wildman–Crippen MR) is 97.9 cm³/mol. The van der Waals surface area contributed by atoms with Gasteiger partial charge in [-0.1, -0.05) is 23.2 Å². The van der Waals surface area contributed by atoms with E-state index in [0.717, 1.165) is 11.1 Å². The van der Waals surface area contributed by atoms with E-state index in [1.807, 2.05) is 24.3 Å². The predicted octanol–water partition coefficient (Wildman–Crippen LogP) is 3.41. The minimum absolute atomic E-state index is 0.152. The highest BCUT2D eigenvalue weighted by atomic mass is 16.5. The lowest BCUT2D eigenvalue weighted by Gasteiger charge is -2.02. The van der Waals surface area contributed by atoms with E-state index in [1.165, 1.54) is 12.3 Å². The van der Waals surface area contributed by atoms with Crippen molar-refractivity contribution in [3.8, 4) is 23.9 Å². The molecule has 0 aliphatic heterocycles. The quantitative estimate of drug-likeness (QED) is 0.553. The topological polar surface area (TPSA) is 86.1 Å². The van der Waals surface area contributed by atoms with Crippen molar-refractivity contribution in [2.45, 2.75) is 6.54 Å². The van der Waals surface area contributed by atoms with Crippen molar-refractivity contribution in [3.63, 3.8) is 0 Å². The van der Waals surface area contributed by atoms with Gasteiger partial charge < -0.3 is 14.3 Å². The van der Waals surface area contributed by atoms with Gasteiger partial charge in [-0.15, -0.1) is 6.42 Å². The van der Waals surface area contributed by atoms with Crippen LogP contribution < -0.4 is 5.32 Å². The second-order valence-corrected chi connectivity index (χ2v) is 5.78. The third-order valence-electron chi connectivity index (χ3n) is 3.86. The molecule has 3 aromatic heterocycles. The largest absolute Gasteiger partial charge is 0.461 e. The highest BCUT2D eigenvalue weighted by Gasteiger charge is 2.16. The van der Waals surface area contributed by atoms with E-state index >= 15 is 0 Å². The number of amides is 1. The highest BCUT2D eigenvalue weighted by molar-refractivity contribution is 6.03. The molecule has 7 heteroatoms. The number of aromatic nitrogens is 3. The first-order chi connectivity index (χ1) is 13.2. The van der Waals surface area contributed by atoms with E-state index in [0.29, 0.717) is 23.8 Å². The van der Waals surface area contributed by atoms with Crippen LogP contribution in [0.1, 0.15) is 21.6 Å². The molecular formula is C20H14N4O3. The van der Waals surface area contributed by atoms with Gasteiger partial charge in [0.1, 0.15) is 0 Å². The van der Waals surface area contributed by atoms with Crippen LogP contribution in [0.4, 0.5) is 5.69 Å². The van der Waals surface area contributed by atoms with Gasteiger partial charge in [0.15, 0.2) is 11.5 Å². The molecule has 0 unspecified atom stereocenters. The van der Waals surface area contributed by atoms with Crippen LogP contribution in [0.15, 0.2) is 70.1 Å². The molecule has 0 radical (unpaired) electrons. The zero-order valence-electron chi connectivity index (χ0n) is 14.1. The number of carbonyl (C=O) groups excluding carboxylic acids is 1. The molecule has 3 heterocycles. The SMILES string of the molecule is C#Cc1ccc(Cn2cc(NC(=O)c3cc(-c4ccco4)on3)cn2)cc1. The van der Waals surface area contributed by atoms with E-state index < -0.39 is 5.91 Å². The molecule has 27 heavy (non-hydrogen) atoms. The van der Waals surface area contributed by atoms with Crippen LogP contribution in [0.5, 0.6) is 0 Å². The van der Waals surface area contributed by atoms with Gasteiger partial charge in [-0.3, -0.25) is 9.48 Å². The second-order valence-electron chi connectivity index (χ2n) is 5.78. The van der Waals surface area contributed by atoms with Crippen molar-refractivity contribution in [2.24, 2.45) is 0 Å². The number of hydrogen-bond acceptors (Lipinski definition) is 5. The fourth-order valence-electron chi connectivity index (χ4n) is 2.52. The average molecular weight is 358 g/mol. The number of terminal acetylenes is 1. The molecule has 0 fully saturated rings. The molecule has 0 spiro atoms. The maximum atomic E-state index is 12.3. The Morgan fingerprint density at radius 2 is 2.07 bits per heavy atom. The second kappa shape index (κ2) is 7.06. The summed E-state index contributed by atoms with van der Waals surface area (Å²) in [6.07, 6.45) is 10.2. The molecule has 0 aliphatic rings. The molecule has 0 saturated heterocycles. The fourth-order valence-corrected chi connectivity index (χ4v) is 2.52. The van der Waals surface area contributed by atoms with Crippen molar-refractivity contribution >= 4 is 11.6 Å². The van der Waals surface area contributed by atoms with Crippen molar-refractivity contribution in [1.29, 1.82) is 0 Å². The maximum Gasteiger partial charge on any atom is 0.277 e. The molecule has 7 nitrogen and oxygen atoms in total. The van der Waals surface area contributed by atoms with E-state index in [1.54, 1.807) is 29.2 Å². The molecule has 4 rings (SSSR count). The zero-order valence-corrected chi connectivity index (χ0v) is 14.1. The summed E-state index contributed by atoms with van der Waals surface area (Å²) in [4.78, 5) is 12.3. The summed E-state index contributed by atoms with van der Waals surface area (Å²) in [6.45, 7) is 0.563. The van der Waals surface area contributed by atoms with Crippen molar-refractivity contribution < 1.29 is 13.7 Å². The Kier molecular flexibility index (Phi) is 4.29. The molecule has 1 amide bonds. The van der Waals surface area contributed by atoms with Crippen LogP contribution in [0.2, 0.25) is 0 Å². The first kappa shape index (κ1) is 16.4. The lowest BCUT2D eigenvalue weighted by atomic mass is 10.1. The third-order valence-corrected chi connectivity index (χ3v) is 3.86. The summed E-state index contributed by atoms with van der Waals surface area (Å²) in [5, 5.41) is 10.8. The van der Waals surface area contributed by atoms with Gasteiger partial charge in [0.05, 0.1) is 24.7 Å². The molecule has 0 aliphatic carbocycles. The van der Waals surface area contributed by atoms with Crippen molar-refractivity contribution in [2.75, 3.05) is 5.32 Å². The standard InChI is InChI=1S/C20H14N4O3/c1-2-14-5-7-15(8-6-14)12-24-13-16(11-21-24)22-20(25)17-10-19(27-23-17)18-4-3-9-26-18/h1,3-11,13H,12H2,(H,22,25). The van der Waals surface area contributed by atoms with E-state index in [-0.39, 0.29) is 5.69 Å². The zero-order chi connectivity index (χ0) is 18.6. The van der Waals surface area contributed by atoms with Crippen LogP contribution in [-0.4, -0.2) is 20.8 Å². The Balaban J connectivity index is 1.41. The van der Waals surface area contributed by atoms with Gasteiger partial charge in [0.25, 0.3) is 5.91 Å². The summed E-state index contributed by atoms with van der Waals surface area (Å²) in [7, 11) is 0. The minimum atomic E-state index is -0.394. The fraction of sp³-hybridized carbons (Fsp3) is 0.0500. The smallest absolute Gasteiger partial charge is 0.277 e. The molecule has 132 valence electrons. The van der Waals surface area contributed by atoms with E-state index in [2.05, 4.69) is 21.5 Å². The number of furan rings is 1. The first-order valence-corrected chi connectivity index (χ1v) is 8.11. The lowest BCUT2D eigenvalue weighted by Crippen LogP contribution is -2.11. The van der Waals surface area contributed by atoms with Crippen LogP contribution in [0.25, 0.3) is 11.5 Å². The van der Waals surface area contributed by atoms with Gasteiger partial charge in [-0.25, -0.2) is 0 Å².